The number of anilines is 1. The number of nitrogens with two attached hydrogens (primary N) is 1. The third kappa shape index (κ3) is 6.37. The smallest absolute Gasteiger partial charge is 0.293 e. The van der Waals surface area contributed by atoms with E-state index in [2.05, 4.69) is 9.97 Å². The van der Waals surface area contributed by atoms with Crippen molar-refractivity contribution in [1.82, 2.24) is 19.9 Å². The summed E-state index contributed by atoms with van der Waals surface area (Å²) in [5.74, 6) is 9.49. The maximum absolute atomic E-state index is 14.5. The number of nitrogens with one attached hydrogen (secondary N) is 2. The van der Waals surface area contributed by atoms with E-state index in [-0.39, 0.29) is 11.5 Å². The van der Waals surface area contributed by atoms with E-state index in [4.69, 9.17) is 34.8 Å². The van der Waals surface area contributed by atoms with E-state index in [9.17, 15) is 4.79 Å². The van der Waals surface area contributed by atoms with Crippen molar-refractivity contribution in [1.29, 1.82) is 0 Å². The van der Waals surface area contributed by atoms with Crippen LogP contribution in [0.1, 0.15) is 21.9 Å². The molecule has 0 radical (unpaired) electrons. The number of H-pyrrole nitrogens is 2. The minimum atomic E-state index is -0.456. The molecular weight excluding hydrogens is 729 g/mol. The Kier molecular flexibility index (Phi) is 9.35. The Labute approximate surface area is 334 Å². The van der Waals surface area contributed by atoms with E-state index in [0.29, 0.717) is 46.5 Å². The lowest BCUT2D eigenvalue weighted by atomic mass is 10.0. The summed E-state index contributed by atoms with van der Waals surface area (Å²) in [6.45, 7) is 0. The van der Waals surface area contributed by atoms with Gasteiger partial charge >= 0.3 is 0 Å². The Morgan fingerprint density at radius 1 is 0.466 bits per heavy atom. The van der Waals surface area contributed by atoms with Gasteiger partial charge in [0.1, 0.15) is 28.7 Å². The van der Waals surface area contributed by atoms with Crippen molar-refractivity contribution in [3.05, 3.63) is 138 Å². The number of ether oxygens (including phenoxy) is 4. The van der Waals surface area contributed by atoms with E-state index in [1.54, 1.807) is 28.4 Å². The number of hydrazine groups is 1. The van der Waals surface area contributed by atoms with Crippen molar-refractivity contribution in [3.63, 3.8) is 0 Å². The maximum atomic E-state index is 14.5. The van der Waals surface area contributed by atoms with Crippen LogP contribution in [0.4, 0.5) is 5.82 Å². The fraction of sp³-hybridized carbons (Fsp3) is 0.128. The summed E-state index contributed by atoms with van der Waals surface area (Å²) in [7, 11) is 6.56. The average Bonchev–Trinajstić information content (AvgIpc) is 4.10. The molecule has 11 heteroatoms. The number of methoxy groups -OCH3 is 4. The largest absolute Gasteiger partial charge is 0.497 e. The number of benzene rings is 4. The zero-order chi connectivity index (χ0) is 39.9. The van der Waals surface area contributed by atoms with Gasteiger partial charge in [0.2, 0.25) is 0 Å². The van der Waals surface area contributed by atoms with Gasteiger partial charge in [-0.2, -0.15) is 0 Å². The van der Waals surface area contributed by atoms with Gasteiger partial charge in [-0.1, -0.05) is 48.5 Å². The molecule has 0 saturated carbocycles. The SMILES string of the molecule is COc1ccc(-c2c3nc(c(-c4ccc(OC)cc4)c4ccc([nH]4)c(-c4ccc(OC)cc4)c4nc(c(-c5ccc(OC)cc5)c5ccc2[nH]5)C(=O)N4N)CC3)cc1. The molecule has 0 atom stereocenters. The number of hydrogen-bond acceptors (Lipinski definition) is 8. The fourth-order valence-corrected chi connectivity index (χ4v) is 7.81. The third-order valence-corrected chi connectivity index (χ3v) is 10.7. The number of aryl methyl sites for hydroxylation is 2. The second-order valence-corrected chi connectivity index (χ2v) is 13.9. The lowest BCUT2D eigenvalue weighted by Crippen LogP contribution is -2.34. The Bertz CT molecular complexity index is 2850. The average molecular weight is 769 g/mol. The normalized spacial score (nSPS) is 12.4. The number of carbonyl (C=O) groups excluding carboxylic acids is 1. The highest BCUT2D eigenvalue weighted by atomic mass is 16.5. The minimum Gasteiger partial charge on any atom is -0.497 e. The van der Waals surface area contributed by atoms with Crippen LogP contribution in [0, 0.1) is 0 Å². The molecule has 0 spiro atoms. The van der Waals surface area contributed by atoms with Gasteiger partial charge in [-0.15, -0.1) is 0 Å². The molecular formula is C47H40N6O5. The molecule has 4 N–H and O–H groups in total. The number of fused-ring (bicyclic) bond motifs is 8. The molecule has 9 rings (SSSR count). The molecule has 0 fully saturated rings. The molecule has 1 amide bonds. The number of amides is 1. The van der Waals surface area contributed by atoms with Crippen molar-refractivity contribution >= 4 is 33.8 Å². The van der Waals surface area contributed by atoms with Crippen molar-refractivity contribution in [2.75, 3.05) is 33.4 Å². The lowest BCUT2D eigenvalue weighted by molar-refractivity contribution is 0.0992. The van der Waals surface area contributed by atoms with Crippen LogP contribution in [-0.4, -0.2) is 54.3 Å². The molecule has 0 saturated heterocycles. The molecule has 0 aliphatic carbocycles. The summed E-state index contributed by atoms with van der Waals surface area (Å²) in [5.41, 5.74) is 11.7. The summed E-state index contributed by atoms with van der Waals surface area (Å²) in [6.07, 6.45) is 1.40. The van der Waals surface area contributed by atoms with E-state index < -0.39 is 5.91 Å². The Balaban J connectivity index is 1.46. The number of hydrogen-bond donors (Lipinski definition) is 3. The van der Waals surface area contributed by atoms with Crippen molar-refractivity contribution in [3.8, 4) is 67.5 Å². The van der Waals surface area contributed by atoms with Crippen LogP contribution in [0.5, 0.6) is 23.0 Å². The zero-order valence-electron chi connectivity index (χ0n) is 32.4. The van der Waals surface area contributed by atoms with Gasteiger partial charge in [0, 0.05) is 38.8 Å². The topological polar surface area (TPSA) is 141 Å². The monoisotopic (exact) mass is 768 g/mol. The van der Waals surface area contributed by atoms with E-state index >= 15 is 0 Å². The Morgan fingerprint density at radius 2 is 0.793 bits per heavy atom. The van der Waals surface area contributed by atoms with Crippen LogP contribution in [0.3, 0.4) is 0 Å². The van der Waals surface area contributed by atoms with Crippen LogP contribution in [-0.2, 0) is 12.8 Å². The molecule has 3 aromatic heterocycles. The lowest BCUT2D eigenvalue weighted by Gasteiger charge is -2.13. The number of nitrogens with zero attached hydrogens (tertiary/aromatic N) is 3. The first kappa shape index (κ1) is 36.3. The van der Waals surface area contributed by atoms with Gasteiger partial charge in [0.25, 0.3) is 5.91 Å². The molecule has 58 heavy (non-hydrogen) atoms. The first-order chi connectivity index (χ1) is 28.4. The molecule has 2 aliphatic rings. The molecule has 5 heterocycles. The number of rotatable bonds is 8. The molecule has 11 nitrogen and oxygen atoms in total. The second kappa shape index (κ2) is 14.9. The third-order valence-electron chi connectivity index (χ3n) is 10.7. The Morgan fingerprint density at radius 3 is 1.17 bits per heavy atom. The molecule has 7 aromatic rings. The zero-order valence-corrected chi connectivity index (χ0v) is 32.4. The van der Waals surface area contributed by atoms with Gasteiger partial charge in [-0.05, 0) is 108 Å². The highest BCUT2D eigenvalue weighted by Crippen LogP contribution is 2.41. The summed E-state index contributed by atoms with van der Waals surface area (Å²) < 4.78 is 22.0. The van der Waals surface area contributed by atoms with E-state index in [1.807, 2.05) is 121 Å². The van der Waals surface area contributed by atoms with Gasteiger partial charge in [0.15, 0.2) is 5.82 Å². The van der Waals surface area contributed by atoms with Crippen molar-refractivity contribution in [2.45, 2.75) is 12.8 Å². The first-order valence-corrected chi connectivity index (χ1v) is 18.8. The quantitative estimate of drug-likeness (QED) is 0.103. The predicted molar refractivity (Wildman–Crippen MR) is 227 cm³/mol. The summed E-state index contributed by atoms with van der Waals surface area (Å²) in [5, 5.41) is 1.13. The van der Waals surface area contributed by atoms with Crippen molar-refractivity contribution < 1.29 is 23.7 Å². The predicted octanol–water partition coefficient (Wildman–Crippen LogP) is 9.32. The van der Waals surface area contributed by atoms with Crippen LogP contribution < -0.4 is 29.8 Å². The molecule has 288 valence electrons. The summed E-state index contributed by atoms with van der Waals surface area (Å²) >= 11 is 0. The highest BCUT2D eigenvalue weighted by Gasteiger charge is 2.31. The van der Waals surface area contributed by atoms with Crippen LogP contribution in [0.2, 0.25) is 0 Å². The minimum absolute atomic E-state index is 0.186. The maximum Gasteiger partial charge on any atom is 0.293 e. The number of carbonyl (C=O) groups is 1. The fourth-order valence-electron chi connectivity index (χ4n) is 7.81. The second-order valence-electron chi connectivity index (χ2n) is 13.9. The first-order valence-electron chi connectivity index (χ1n) is 18.8. The molecule has 8 bridgehead atoms. The van der Waals surface area contributed by atoms with Gasteiger partial charge in [-0.25, -0.2) is 15.8 Å². The van der Waals surface area contributed by atoms with E-state index in [0.717, 1.165) is 72.3 Å². The van der Waals surface area contributed by atoms with Crippen molar-refractivity contribution in [2.24, 2.45) is 5.84 Å². The van der Waals surface area contributed by atoms with Gasteiger partial charge in [-0.3, -0.25) is 9.78 Å². The van der Waals surface area contributed by atoms with Crippen LogP contribution in [0.25, 0.3) is 66.6 Å². The summed E-state index contributed by atoms with van der Waals surface area (Å²) in [4.78, 5) is 32.5. The van der Waals surface area contributed by atoms with E-state index in [1.165, 1.54) is 0 Å². The van der Waals surface area contributed by atoms with Crippen LogP contribution >= 0.6 is 0 Å². The molecule has 0 unspecified atom stereocenters. The number of aromatic amines is 2. The standard InChI is InChI=1S/C47H40N6O5/c1-55-31-13-5-27(6-14-31)41-35-21-22-36(49-35)42(28-7-15-32(56-2)16-8-28)38-24-26-40(51-38)44(30-11-19-34(58-4)20-12-30)46-52-45(47(54)53(46)48)43(39-25-23-37(41)50-39)29-9-17-33(57-3)18-10-29/h5-20,23-26,50-51H,21-22,48H2,1-4H3. The highest BCUT2D eigenvalue weighted by molar-refractivity contribution is 6.15. The molecule has 2 aliphatic heterocycles. The van der Waals surface area contributed by atoms with Gasteiger partial charge < -0.3 is 28.9 Å². The Hall–Kier alpha value is -7.37. The van der Waals surface area contributed by atoms with Crippen LogP contribution in [0.15, 0.2) is 121 Å². The number of aromatic nitrogens is 4. The molecule has 4 aromatic carbocycles. The van der Waals surface area contributed by atoms with Gasteiger partial charge in [0.05, 0.1) is 45.3 Å². The summed E-state index contributed by atoms with van der Waals surface area (Å²) in [6, 6.07) is 39.2.